The number of oxime groups is 1. The number of benzene rings is 1. The fourth-order valence-electron chi connectivity index (χ4n) is 5.78. The highest BCUT2D eigenvalue weighted by Gasteiger charge is 2.59. The van der Waals surface area contributed by atoms with E-state index < -0.39 is 30.0 Å². The lowest BCUT2D eigenvalue weighted by molar-refractivity contribution is -0.142. The van der Waals surface area contributed by atoms with Gasteiger partial charge in [-0.25, -0.2) is 0 Å². The molecule has 9 nitrogen and oxygen atoms in total. The van der Waals surface area contributed by atoms with E-state index in [1.54, 1.807) is 18.2 Å². The fraction of sp³-hybridized carbons (Fsp3) is 0.560. The van der Waals surface area contributed by atoms with Crippen molar-refractivity contribution in [1.29, 1.82) is 0 Å². The number of ether oxygens (including phenoxy) is 2. The first kappa shape index (κ1) is 22.7. The number of rotatable bonds is 6. The summed E-state index contributed by atoms with van der Waals surface area (Å²) in [7, 11) is 0. The van der Waals surface area contributed by atoms with Crippen molar-refractivity contribution in [3.05, 3.63) is 23.8 Å². The molecule has 6 atom stereocenters. The topological polar surface area (TPSA) is 118 Å². The standard InChI is InChI=1S/C25H28N2O7/c1-2-3-4-9-34-26-17-11-18(28)23(29)21-15(17)6-7-16-22(21)25(31)27(24(16)30)12-14-5-8-19-20(10-14)33-13-32-19/h1,5,8,10,15-16,18,21-23,28-29H,3-4,6-7,9,11-13H2/t15-,16-,18-,21-,22-,23+/m1/s1. The Kier molecular flexibility index (Phi) is 6.19. The van der Waals surface area contributed by atoms with Crippen molar-refractivity contribution in [1.82, 2.24) is 4.90 Å². The van der Waals surface area contributed by atoms with Crippen LogP contribution in [-0.2, 0) is 21.0 Å². The molecule has 2 heterocycles. The summed E-state index contributed by atoms with van der Waals surface area (Å²) in [5.74, 6) is 1.18. The van der Waals surface area contributed by atoms with E-state index in [0.29, 0.717) is 49.5 Å². The van der Waals surface area contributed by atoms with E-state index in [1.165, 1.54) is 4.90 Å². The number of aliphatic hydroxyl groups excluding tert-OH is 2. The van der Waals surface area contributed by atoms with Crippen LogP contribution in [0.25, 0.3) is 0 Å². The molecule has 1 aromatic carbocycles. The van der Waals surface area contributed by atoms with Crippen molar-refractivity contribution in [3.8, 4) is 23.8 Å². The first-order chi connectivity index (χ1) is 16.5. The van der Waals surface area contributed by atoms with E-state index in [2.05, 4.69) is 11.1 Å². The minimum Gasteiger partial charge on any atom is -0.454 e. The normalized spacial score (nSPS) is 33.0. The third kappa shape index (κ3) is 3.91. The fourth-order valence-corrected chi connectivity index (χ4v) is 5.78. The van der Waals surface area contributed by atoms with Crippen LogP contribution in [0, 0.1) is 36.0 Å². The zero-order valence-corrected chi connectivity index (χ0v) is 18.8. The molecule has 4 aliphatic rings. The Morgan fingerprint density at radius 1 is 1.15 bits per heavy atom. The second kappa shape index (κ2) is 9.28. The van der Waals surface area contributed by atoms with Gasteiger partial charge in [-0.05, 0) is 37.0 Å². The summed E-state index contributed by atoms with van der Waals surface area (Å²) in [4.78, 5) is 33.4. The molecule has 2 saturated carbocycles. The lowest BCUT2D eigenvalue weighted by Crippen LogP contribution is -2.54. The quantitative estimate of drug-likeness (QED) is 0.281. The Hall–Kier alpha value is -3.09. The summed E-state index contributed by atoms with van der Waals surface area (Å²) in [5, 5.41) is 25.7. The van der Waals surface area contributed by atoms with Crippen molar-refractivity contribution < 1.29 is 34.1 Å². The van der Waals surface area contributed by atoms with E-state index in [1.807, 2.05) is 0 Å². The van der Waals surface area contributed by atoms with E-state index in [0.717, 1.165) is 5.56 Å². The van der Waals surface area contributed by atoms with Crippen LogP contribution in [0.15, 0.2) is 23.4 Å². The summed E-state index contributed by atoms with van der Waals surface area (Å²) in [6.45, 7) is 0.623. The van der Waals surface area contributed by atoms with Gasteiger partial charge in [-0.2, -0.15) is 0 Å². The van der Waals surface area contributed by atoms with Crippen molar-refractivity contribution in [2.75, 3.05) is 13.4 Å². The highest BCUT2D eigenvalue weighted by atomic mass is 16.7. The first-order valence-corrected chi connectivity index (χ1v) is 11.7. The maximum absolute atomic E-state index is 13.5. The maximum Gasteiger partial charge on any atom is 0.233 e. The van der Waals surface area contributed by atoms with Gasteiger partial charge in [-0.1, -0.05) is 11.2 Å². The second-order valence-corrected chi connectivity index (χ2v) is 9.33. The van der Waals surface area contributed by atoms with Crippen molar-refractivity contribution in [3.63, 3.8) is 0 Å². The third-order valence-corrected chi connectivity index (χ3v) is 7.39. The molecule has 5 rings (SSSR count). The van der Waals surface area contributed by atoms with Gasteiger partial charge < -0.3 is 24.5 Å². The minimum absolute atomic E-state index is 0.122. The van der Waals surface area contributed by atoms with Crippen LogP contribution in [-0.4, -0.2) is 58.2 Å². The van der Waals surface area contributed by atoms with Gasteiger partial charge in [-0.3, -0.25) is 14.5 Å². The Balaban J connectivity index is 1.35. The van der Waals surface area contributed by atoms with E-state index in [-0.39, 0.29) is 37.5 Å². The Morgan fingerprint density at radius 3 is 2.76 bits per heavy atom. The molecule has 2 aliphatic carbocycles. The molecule has 0 spiro atoms. The number of fused-ring (bicyclic) bond motifs is 4. The molecular weight excluding hydrogens is 440 g/mol. The van der Waals surface area contributed by atoms with Crippen LogP contribution < -0.4 is 9.47 Å². The molecular formula is C25H28N2O7. The Morgan fingerprint density at radius 2 is 1.94 bits per heavy atom. The molecule has 0 radical (unpaired) electrons. The van der Waals surface area contributed by atoms with Crippen LogP contribution >= 0.6 is 0 Å². The molecule has 2 amide bonds. The van der Waals surface area contributed by atoms with Crippen LogP contribution in [0.1, 0.15) is 37.7 Å². The Bertz CT molecular complexity index is 1050. The summed E-state index contributed by atoms with van der Waals surface area (Å²) >= 11 is 0. The van der Waals surface area contributed by atoms with Gasteiger partial charge in [0.1, 0.15) is 6.61 Å². The Labute approximate surface area is 197 Å². The maximum atomic E-state index is 13.5. The first-order valence-electron chi connectivity index (χ1n) is 11.7. The predicted molar refractivity (Wildman–Crippen MR) is 119 cm³/mol. The summed E-state index contributed by atoms with van der Waals surface area (Å²) in [5.41, 5.74) is 1.39. The van der Waals surface area contributed by atoms with Gasteiger partial charge >= 0.3 is 0 Å². The molecule has 2 aliphatic heterocycles. The average molecular weight is 469 g/mol. The van der Waals surface area contributed by atoms with Crippen LogP contribution in [0.5, 0.6) is 11.5 Å². The van der Waals surface area contributed by atoms with Crippen LogP contribution in [0.4, 0.5) is 0 Å². The summed E-state index contributed by atoms with van der Waals surface area (Å²) in [6.07, 6.45) is 5.62. The summed E-state index contributed by atoms with van der Waals surface area (Å²) < 4.78 is 10.7. The van der Waals surface area contributed by atoms with Gasteiger partial charge in [-0.15, -0.1) is 12.3 Å². The highest BCUT2D eigenvalue weighted by molar-refractivity contribution is 6.06. The molecule has 34 heavy (non-hydrogen) atoms. The predicted octanol–water partition coefficient (Wildman–Crippen LogP) is 1.45. The van der Waals surface area contributed by atoms with Gasteiger partial charge in [0.2, 0.25) is 18.6 Å². The molecule has 180 valence electrons. The zero-order valence-electron chi connectivity index (χ0n) is 18.8. The number of hydrogen-bond acceptors (Lipinski definition) is 8. The number of hydrogen-bond donors (Lipinski definition) is 2. The lowest BCUT2D eigenvalue weighted by Gasteiger charge is -2.45. The van der Waals surface area contributed by atoms with Gasteiger partial charge in [0.05, 0.1) is 36.3 Å². The smallest absolute Gasteiger partial charge is 0.233 e. The van der Waals surface area contributed by atoms with Crippen LogP contribution in [0.2, 0.25) is 0 Å². The van der Waals surface area contributed by atoms with Gasteiger partial charge in [0, 0.05) is 24.7 Å². The van der Waals surface area contributed by atoms with Gasteiger partial charge in [0.15, 0.2) is 11.5 Å². The number of terminal acetylenes is 1. The van der Waals surface area contributed by atoms with Gasteiger partial charge in [0.25, 0.3) is 0 Å². The zero-order chi connectivity index (χ0) is 23.8. The molecule has 0 aromatic heterocycles. The van der Waals surface area contributed by atoms with E-state index >= 15 is 0 Å². The largest absolute Gasteiger partial charge is 0.454 e. The van der Waals surface area contributed by atoms with Crippen molar-refractivity contribution in [2.45, 2.75) is 50.9 Å². The van der Waals surface area contributed by atoms with Crippen molar-refractivity contribution in [2.24, 2.45) is 28.8 Å². The molecule has 3 fully saturated rings. The lowest BCUT2D eigenvalue weighted by atomic mass is 9.60. The number of unbranched alkanes of at least 4 members (excludes halogenated alkanes) is 1. The second-order valence-electron chi connectivity index (χ2n) is 9.33. The van der Waals surface area contributed by atoms with E-state index in [4.69, 9.17) is 20.7 Å². The number of carbonyl (C=O) groups excluding carboxylic acids is 2. The number of nitrogens with zero attached hydrogens (tertiary/aromatic N) is 2. The number of imide groups is 1. The number of carbonyl (C=O) groups is 2. The minimum atomic E-state index is -1.11. The number of likely N-dealkylation sites (tertiary alicyclic amines) is 1. The van der Waals surface area contributed by atoms with Crippen molar-refractivity contribution >= 4 is 17.5 Å². The summed E-state index contributed by atoms with van der Waals surface area (Å²) in [6, 6.07) is 5.34. The molecule has 1 aromatic rings. The number of amides is 2. The SMILES string of the molecule is C#CCCCON=C1C[C@@H](O)[C@H](O)[C@H]2[C@@H]3C(=O)N(Cc4ccc5c(c4)OCO5)C(=O)[C@@H]3CC[C@H]12. The molecule has 0 unspecified atom stereocenters. The highest BCUT2D eigenvalue weighted by Crippen LogP contribution is 2.50. The molecule has 2 N–H and O–H groups in total. The molecule has 1 saturated heterocycles. The number of aliphatic hydroxyl groups is 2. The molecule has 9 heteroatoms. The third-order valence-electron chi connectivity index (χ3n) is 7.39. The van der Waals surface area contributed by atoms with Crippen LogP contribution in [0.3, 0.4) is 0 Å². The average Bonchev–Trinajstić information content (AvgIpc) is 3.40. The van der Waals surface area contributed by atoms with E-state index in [9.17, 15) is 19.8 Å². The molecule has 0 bridgehead atoms. The monoisotopic (exact) mass is 468 g/mol.